The third kappa shape index (κ3) is 2.47. The lowest BCUT2D eigenvalue weighted by Gasteiger charge is -2.33. The Hall–Kier alpha value is -1.73. The third-order valence-corrected chi connectivity index (χ3v) is 5.08. The Morgan fingerprint density at radius 1 is 1.43 bits per heavy atom. The third-order valence-electron chi connectivity index (χ3n) is 3.45. The maximum Gasteiger partial charge on any atom is 0.331 e. The summed E-state index contributed by atoms with van der Waals surface area (Å²) in [6.45, 7) is 0.393. The Bertz CT molecular complexity index is 716. The predicted molar refractivity (Wildman–Crippen MR) is 81.4 cm³/mol. The largest absolute Gasteiger partial charge is 0.479 e. The van der Waals surface area contributed by atoms with Gasteiger partial charge in [-0.05, 0) is 51.5 Å². The molecule has 5 nitrogen and oxygen atoms in total. The van der Waals surface area contributed by atoms with Crippen LogP contribution in [-0.2, 0) is 11.2 Å². The van der Waals surface area contributed by atoms with Gasteiger partial charge in [-0.2, -0.15) is 0 Å². The number of carboxylic acid groups (broad SMARTS) is 1. The highest BCUT2D eigenvalue weighted by Crippen LogP contribution is 2.34. The molecule has 0 saturated heterocycles. The zero-order valence-corrected chi connectivity index (χ0v) is 13.2. The van der Waals surface area contributed by atoms with Crippen molar-refractivity contribution < 1.29 is 14.7 Å². The highest BCUT2D eigenvalue weighted by molar-refractivity contribution is 9.10. The first-order chi connectivity index (χ1) is 10.1. The fourth-order valence-electron chi connectivity index (χ4n) is 2.50. The van der Waals surface area contributed by atoms with Gasteiger partial charge in [-0.3, -0.25) is 4.79 Å². The molecule has 3 heterocycles. The number of rotatable bonds is 2. The van der Waals surface area contributed by atoms with Crippen LogP contribution in [0.5, 0.6) is 0 Å². The van der Waals surface area contributed by atoms with Gasteiger partial charge in [0.05, 0.1) is 5.56 Å². The second-order valence-electron chi connectivity index (χ2n) is 4.63. The average molecular weight is 367 g/mol. The van der Waals surface area contributed by atoms with Crippen LogP contribution in [0.2, 0.25) is 0 Å². The number of halogens is 1. The first kappa shape index (κ1) is 14.2. The van der Waals surface area contributed by atoms with E-state index in [1.54, 1.807) is 24.4 Å². The van der Waals surface area contributed by atoms with Crippen LogP contribution in [0.4, 0.5) is 0 Å². The SMILES string of the molecule is O=C(O)C1c2ccsc2CCN1C(=O)c1cccnc1Br. The molecule has 2 aromatic heterocycles. The highest BCUT2D eigenvalue weighted by Gasteiger charge is 2.37. The summed E-state index contributed by atoms with van der Waals surface area (Å²) in [6.07, 6.45) is 2.25. The minimum atomic E-state index is -1.01. The normalized spacial score (nSPS) is 17.4. The molecule has 1 unspecified atom stereocenters. The van der Waals surface area contributed by atoms with Gasteiger partial charge in [0.15, 0.2) is 6.04 Å². The second-order valence-corrected chi connectivity index (χ2v) is 6.38. The van der Waals surface area contributed by atoms with Gasteiger partial charge in [-0.15, -0.1) is 11.3 Å². The topological polar surface area (TPSA) is 70.5 Å². The smallest absolute Gasteiger partial charge is 0.331 e. The van der Waals surface area contributed by atoms with Crippen LogP contribution in [-0.4, -0.2) is 33.4 Å². The van der Waals surface area contributed by atoms with Gasteiger partial charge >= 0.3 is 5.97 Å². The summed E-state index contributed by atoms with van der Waals surface area (Å²) in [7, 11) is 0. The monoisotopic (exact) mass is 366 g/mol. The van der Waals surface area contributed by atoms with Crippen LogP contribution in [0, 0.1) is 0 Å². The molecule has 1 atom stereocenters. The molecular formula is C14H11BrN2O3S. The van der Waals surface area contributed by atoms with E-state index in [-0.39, 0.29) is 5.91 Å². The Morgan fingerprint density at radius 3 is 2.95 bits per heavy atom. The molecule has 21 heavy (non-hydrogen) atoms. The van der Waals surface area contributed by atoms with Crippen molar-refractivity contribution in [2.45, 2.75) is 12.5 Å². The molecule has 0 saturated carbocycles. The van der Waals surface area contributed by atoms with Crippen LogP contribution in [0.15, 0.2) is 34.4 Å². The van der Waals surface area contributed by atoms with Crippen LogP contribution in [0.3, 0.4) is 0 Å². The molecular weight excluding hydrogens is 356 g/mol. The standard InChI is InChI=1S/C14H11BrN2O3S/c15-12-9(2-1-5-16-12)13(18)17-6-3-10-8(4-7-21-10)11(17)14(19)20/h1-2,4-5,7,11H,3,6H2,(H,19,20). The van der Waals surface area contributed by atoms with Gasteiger partial charge in [0, 0.05) is 17.6 Å². The molecule has 0 radical (unpaired) electrons. The summed E-state index contributed by atoms with van der Waals surface area (Å²) in [6, 6.07) is 4.16. The number of carbonyl (C=O) groups is 2. The summed E-state index contributed by atoms with van der Waals surface area (Å²) < 4.78 is 0.426. The van der Waals surface area contributed by atoms with E-state index < -0.39 is 12.0 Å². The van der Waals surface area contributed by atoms with E-state index in [2.05, 4.69) is 20.9 Å². The van der Waals surface area contributed by atoms with Crippen molar-refractivity contribution in [1.29, 1.82) is 0 Å². The number of carboxylic acids is 1. The molecule has 1 amide bonds. The van der Waals surface area contributed by atoms with Crippen molar-refractivity contribution in [3.8, 4) is 0 Å². The lowest BCUT2D eigenvalue weighted by Crippen LogP contribution is -2.43. The Balaban J connectivity index is 2.00. The molecule has 108 valence electrons. The molecule has 1 N–H and O–H groups in total. The van der Waals surface area contributed by atoms with Crippen molar-refractivity contribution in [1.82, 2.24) is 9.88 Å². The lowest BCUT2D eigenvalue weighted by molar-refractivity contribution is -0.142. The van der Waals surface area contributed by atoms with Crippen molar-refractivity contribution in [2.75, 3.05) is 6.54 Å². The number of amides is 1. The number of nitrogens with zero attached hydrogens (tertiary/aromatic N) is 2. The molecule has 3 rings (SSSR count). The van der Waals surface area contributed by atoms with Crippen molar-refractivity contribution in [2.24, 2.45) is 0 Å². The van der Waals surface area contributed by atoms with Gasteiger partial charge in [-0.1, -0.05) is 0 Å². The van der Waals surface area contributed by atoms with E-state index in [0.717, 1.165) is 4.88 Å². The quantitative estimate of drug-likeness (QED) is 0.829. The molecule has 0 fully saturated rings. The van der Waals surface area contributed by atoms with E-state index in [4.69, 9.17) is 0 Å². The van der Waals surface area contributed by atoms with Crippen LogP contribution in [0.1, 0.15) is 26.8 Å². The van der Waals surface area contributed by atoms with Crippen LogP contribution >= 0.6 is 27.3 Å². The fraction of sp³-hybridized carbons (Fsp3) is 0.214. The van der Waals surface area contributed by atoms with E-state index in [1.165, 1.54) is 16.2 Å². The molecule has 0 bridgehead atoms. The minimum absolute atomic E-state index is 0.320. The van der Waals surface area contributed by atoms with Crippen molar-refractivity contribution in [3.63, 3.8) is 0 Å². The summed E-state index contributed by atoms with van der Waals surface area (Å²) in [5.41, 5.74) is 1.09. The zero-order valence-electron chi connectivity index (χ0n) is 10.8. The summed E-state index contributed by atoms with van der Waals surface area (Å²) in [5.74, 6) is -1.33. The molecule has 1 aliphatic rings. The zero-order chi connectivity index (χ0) is 15.0. The van der Waals surface area contributed by atoms with Gasteiger partial charge in [-0.25, -0.2) is 9.78 Å². The first-order valence-electron chi connectivity index (χ1n) is 6.30. The number of aromatic nitrogens is 1. The highest BCUT2D eigenvalue weighted by atomic mass is 79.9. The van der Waals surface area contributed by atoms with Gasteiger partial charge in [0.1, 0.15) is 4.60 Å². The lowest BCUT2D eigenvalue weighted by atomic mass is 9.99. The maximum absolute atomic E-state index is 12.7. The molecule has 0 aliphatic carbocycles. The van der Waals surface area contributed by atoms with Gasteiger partial charge in [0.2, 0.25) is 0 Å². The van der Waals surface area contributed by atoms with Crippen molar-refractivity contribution in [3.05, 3.63) is 50.4 Å². The molecule has 7 heteroatoms. The number of hydrogen-bond acceptors (Lipinski definition) is 4. The predicted octanol–water partition coefficient (Wildman–Crippen LogP) is 2.73. The van der Waals surface area contributed by atoms with E-state index in [9.17, 15) is 14.7 Å². The van der Waals surface area contributed by atoms with Crippen molar-refractivity contribution >= 4 is 39.1 Å². The van der Waals surface area contributed by atoms with Crippen LogP contribution in [0.25, 0.3) is 0 Å². The summed E-state index contributed by atoms with van der Waals surface area (Å²) in [5, 5.41) is 11.4. The molecule has 0 aromatic carbocycles. The van der Waals surface area contributed by atoms with Gasteiger partial charge < -0.3 is 10.0 Å². The Labute approximate surface area is 133 Å². The summed E-state index contributed by atoms with van der Waals surface area (Å²) in [4.78, 5) is 30.8. The Kier molecular flexibility index (Phi) is 3.77. The minimum Gasteiger partial charge on any atom is -0.479 e. The van der Waals surface area contributed by atoms with E-state index in [0.29, 0.717) is 28.7 Å². The average Bonchev–Trinajstić information content (AvgIpc) is 2.94. The Morgan fingerprint density at radius 2 is 2.24 bits per heavy atom. The number of carbonyl (C=O) groups excluding carboxylic acids is 1. The molecule has 0 spiro atoms. The summed E-state index contributed by atoms with van der Waals surface area (Å²) >= 11 is 4.78. The fourth-order valence-corrected chi connectivity index (χ4v) is 3.83. The number of pyridine rings is 1. The number of thiophene rings is 1. The molecule has 2 aromatic rings. The number of hydrogen-bond donors (Lipinski definition) is 1. The van der Waals surface area contributed by atoms with Crippen LogP contribution < -0.4 is 0 Å². The van der Waals surface area contributed by atoms with E-state index >= 15 is 0 Å². The van der Waals surface area contributed by atoms with Gasteiger partial charge in [0.25, 0.3) is 5.91 Å². The van der Waals surface area contributed by atoms with E-state index in [1.807, 2.05) is 5.38 Å². The number of fused-ring (bicyclic) bond motifs is 1. The maximum atomic E-state index is 12.7. The molecule has 1 aliphatic heterocycles. The number of aliphatic carboxylic acids is 1. The second kappa shape index (κ2) is 5.57. The first-order valence-corrected chi connectivity index (χ1v) is 7.97.